The van der Waals surface area contributed by atoms with Crippen LogP contribution in [0.25, 0.3) is 0 Å². The summed E-state index contributed by atoms with van der Waals surface area (Å²) in [4.78, 5) is 4.22. The molecule has 18 heavy (non-hydrogen) atoms. The highest BCUT2D eigenvalue weighted by molar-refractivity contribution is 9.10. The molecule has 1 unspecified atom stereocenters. The zero-order valence-electron chi connectivity index (χ0n) is 9.98. The summed E-state index contributed by atoms with van der Waals surface area (Å²) in [5.74, 6) is 0.626. The van der Waals surface area contributed by atoms with Gasteiger partial charge in [-0.15, -0.1) is 0 Å². The normalized spacial score (nSPS) is 12.7. The fraction of sp³-hybridized carbons (Fsp3) is 0.308. The van der Waals surface area contributed by atoms with Crippen molar-refractivity contribution in [3.8, 4) is 0 Å². The maximum Gasteiger partial charge on any atom is 0.142 e. The third kappa shape index (κ3) is 2.76. The molecule has 3 nitrogen and oxygen atoms in total. The molecule has 0 radical (unpaired) electrons. The summed E-state index contributed by atoms with van der Waals surface area (Å²) < 4.78 is 2.84. The fourth-order valence-electron chi connectivity index (χ4n) is 1.86. The number of imidazole rings is 1. The van der Waals surface area contributed by atoms with E-state index in [9.17, 15) is 5.11 Å². The molecule has 0 bridgehead atoms. The highest BCUT2D eigenvalue weighted by Crippen LogP contribution is 2.29. The molecular formula is C13H14BrClN2O. The Morgan fingerprint density at radius 1 is 1.50 bits per heavy atom. The Balaban J connectivity index is 2.35. The lowest BCUT2D eigenvalue weighted by Crippen LogP contribution is -2.10. The Kier molecular flexibility index (Phi) is 4.43. The highest BCUT2D eigenvalue weighted by Gasteiger charge is 2.18. The van der Waals surface area contributed by atoms with Crippen LogP contribution >= 0.6 is 27.5 Å². The summed E-state index contributed by atoms with van der Waals surface area (Å²) in [6.45, 7) is 2.92. The molecule has 1 aromatic heterocycles. The Bertz CT molecular complexity index is 542. The topological polar surface area (TPSA) is 38.0 Å². The van der Waals surface area contributed by atoms with Crippen LogP contribution in [0.1, 0.15) is 30.8 Å². The number of rotatable bonds is 4. The van der Waals surface area contributed by atoms with Crippen molar-refractivity contribution in [1.29, 1.82) is 0 Å². The number of hydrogen-bond donors (Lipinski definition) is 1. The number of halogens is 2. The SMILES string of the molecule is CCCn1ccnc1C(O)c1ccc(Br)cc1Cl. The molecule has 0 fully saturated rings. The lowest BCUT2D eigenvalue weighted by atomic mass is 10.1. The highest BCUT2D eigenvalue weighted by atomic mass is 79.9. The molecule has 1 atom stereocenters. The van der Waals surface area contributed by atoms with Gasteiger partial charge in [0.25, 0.3) is 0 Å². The van der Waals surface area contributed by atoms with Gasteiger partial charge in [0.2, 0.25) is 0 Å². The second-order valence-electron chi connectivity index (χ2n) is 4.05. The van der Waals surface area contributed by atoms with Gasteiger partial charge < -0.3 is 9.67 Å². The molecule has 0 spiro atoms. The third-order valence-corrected chi connectivity index (χ3v) is 3.53. The minimum absolute atomic E-state index is 0.530. The van der Waals surface area contributed by atoms with E-state index < -0.39 is 6.10 Å². The number of nitrogens with zero attached hydrogens (tertiary/aromatic N) is 2. The van der Waals surface area contributed by atoms with E-state index >= 15 is 0 Å². The van der Waals surface area contributed by atoms with Crippen LogP contribution in [-0.4, -0.2) is 14.7 Å². The number of aryl methyl sites for hydroxylation is 1. The van der Waals surface area contributed by atoms with E-state index in [1.165, 1.54) is 0 Å². The van der Waals surface area contributed by atoms with Crippen LogP contribution < -0.4 is 0 Å². The predicted octanol–water partition coefficient (Wildman–Crippen LogP) is 3.79. The smallest absolute Gasteiger partial charge is 0.142 e. The first-order valence-corrected chi connectivity index (χ1v) is 6.94. The van der Waals surface area contributed by atoms with Gasteiger partial charge in [-0.2, -0.15) is 0 Å². The lowest BCUT2D eigenvalue weighted by molar-refractivity contribution is 0.204. The van der Waals surface area contributed by atoms with E-state index in [-0.39, 0.29) is 0 Å². The Morgan fingerprint density at radius 2 is 2.28 bits per heavy atom. The maximum atomic E-state index is 10.4. The third-order valence-electron chi connectivity index (χ3n) is 2.71. The number of benzene rings is 1. The van der Waals surface area contributed by atoms with Gasteiger partial charge >= 0.3 is 0 Å². The average Bonchev–Trinajstić information content (AvgIpc) is 2.77. The summed E-state index contributed by atoms with van der Waals surface area (Å²) >= 11 is 9.49. The number of aromatic nitrogens is 2. The molecule has 0 saturated carbocycles. The number of aliphatic hydroxyl groups is 1. The second-order valence-corrected chi connectivity index (χ2v) is 5.37. The zero-order valence-corrected chi connectivity index (χ0v) is 12.3. The van der Waals surface area contributed by atoms with Crippen molar-refractivity contribution in [3.63, 3.8) is 0 Å². The van der Waals surface area contributed by atoms with Gasteiger partial charge in [0.15, 0.2) is 0 Å². The molecule has 0 saturated heterocycles. The van der Waals surface area contributed by atoms with Crippen molar-refractivity contribution in [1.82, 2.24) is 9.55 Å². The molecule has 2 rings (SSSR count). The first kappa shape index (κ1) is 13.6. The van der Waals surface area contributed by atoms with Gasteiger partial charge in [-0.1, -0.05) is 40.5 Å². The van der Waals surface area contributed by atoms with Crippen LogP contribution in [0.4, 0.5) is 0 Å². The minimum atomic E-state index is -0.799. The summed E-state index contributed by atoms with van der Waals surface area (Å²) in [5.41, 5.74) is 0.670. The van der Waals surface area contributed by atoms with Crippen molar-refractivity contribution in [2.45, 2.75) is 26.0 Å². The molecule has 2 aromatic rings. The Morgan fingerprint density at radius 3 is 2.94 bits per heavy atom. The molecule has 96 valence electrons. The molecule has 1 heterocycles. The summed E-state index contributed by atoms with van der Waals surface area (Å²) in [6.07, 6.45) is 3.76. The quantitative estimate of drug-likeness (QED) is 0.926. The molecular weight excluding hydrogens is 316 g/mol. The van der Waals surface area contributed by atoms with Crippen LogP contribution in [0.15, 0.2) is 35.1 Å². The van der Waals surface area contributed by atoms with Crippen molar-refractivity contribution in [3.05, 3.63) is 51.5 Å². The van der Waals surface area contributed by atoms with Gasteiger partial charge in [-0.25, -0.2) is 4.98 Å². The van der Waals surface area contributed by atoms with Crippen molar-refractivity contribution >= 4 is 27.5 Å². The zero-order chi connectivity index (χ0) is 13.1. The van der Waals surface area contributed by atoms with Crippen LogP contribution in [0.3, 0.4) is 0 Å². The molecule has 0 aliphatic rings. The molecule has 0 aliphatic carbocycles. The number of hydrogen-bond acceptors (Lipinski definition) is 2. The average molecular weight is 330 g/mol. The molecule has 0 aliphatic heterocycles. The van der Waals surface area contributed by atoms with Gasteiger partial charge in [0.05, 0.1) is 0 Å². The first-order chi connectivity index (χ1) is 8.63. The van der Waals surface area contributed by atoms with E-state index in [1.807, 2.05) is 22.9 Å². The van der Waals surface area contributed by atoms with Gasteiger partial charge in [0.1, 0.15) is 11.9 Å². The number of aliphatic hydroxyl groups excluding tert-OH is 1. The van der Waals surface area contributed by atoms with Crippen LogP contribution in [0, 0.1) is 0 Å². The maximum absolute atomic E-state index is 10.4. The lowest BCUT2D eigenvalue weighted by Gasteiger charge is -2.14. The molecule has 0 amide bonds. The molecule has 5 heteroatoms. The summed E-state index contributed by atoms with van der Waals surface area (Å²) in [6, 6.07) is 5.44. The predicted molar refractivity (Wildman–Crippen MR) is 75.7 cm³/mol. The van der Waals surface area contributed by atoms with E-state index in [0.29, 0.717) is 16.4 Å². The van der Waals surface area contributed by atoms with E-state index in [4.69, 9.17) is 11.6 Å². The molecule has 1 N–H and O–H groups in total. The second kappa shape index (κ2) is 5.87. The van der Waals surface area contributed by atoms with Gasteiger partial charge in [-0.05, 0) is 18.6 Å². The van der Waals surface area contributed by atoms with E-state index in [2.05, 4.69) is 27.8 Å². The van der Waals surface area contributed by atoms with Crippen molar-refractivity contribution in [2.75, 3.05) is 0 Å². The Labute approximate surface area is 120 Å². The van der Waals surface area contributed by atoms with Gasteiger partial charge in [0, 0.05) is 34.0 Å². The van der Waals surface area contributed by atoms with Crippen LogP contribution in [-0.2, 0) is 6.54 Å². The van der Waals surface area contributed by atoms with E-state index in [0.717, 1.165) is 17.4 Å². The van der Waals surface area contributed by atoms with Crippen LogP contribution in [0.2, 0.25) is 5.02 Å². The summed E-state index contributed by atoms with van der Waals surface area (Å²) in [7, 11) is 0. The summed E-state index contributed by atoms with van der Waals surface area (Å²) in [5, 5.41) is 10.9. The van der Waals surface area contributed by atoms with Crippen molar-refractivity contribution in [2.24, 2.45) is 0 Å². The van der Waals surface area contributed by atoms with E-state index in [1.54, 1.807) is 12.3 Å². The van der Waals surface area contributed by atoms with Gasteiger partial charge in [-0.3, -0.25) is 0 Å². The largest absolute Gasteiger partial charge is 0.380 e. The standard InChI is InChI=1S/C13H14BrClN2O/c1-2-6-17-7-5-16-13(17)12(18)10-4-3-9(14)8-11(10)15/h3-5,7-8,12,18H,2,6H2,1H3. The minimum Gasteiger partial charge on any atom is -0.380 e. The van der Waals surface area contributed by atoms with Crippen LogP contribution in [0.5, 0.6) is 0 Å². The first-order valence-electron chi connectivity index (χ1n) is 5.77. The fourth-order valence-corrected chi connectivity index (χ4v) is 2.64. The monoisotopic (exact) mass is 328 g/mol. The molecule has 1 aromatic carbocycles. The Hall–Kier alpha value is -0.840. The van der Waals surface area contributed by atoms with Crippen molar-refractivity contribution < 1.29 is 5.11 Å².